The molecule has 9 nitrogen and oxygen atoms in total. The summed E-state index contributed by atoms with van der Waals surface area (Å²) in [4.78, 5) is 30.5. The van der Waals surface area contributed by atoms with Gasteiger partial charge in [0.25, 0.3) is 0 Å². The summed E-state index contributed by atoms with van der Waals surface area (Å²) in [5.74, 6) is 0.134. The van der Waals surface area contributed by atoms with Gasteiger partial charge in [0.15, 0.2) is 11.4 Å². The number of rotatable bonds is 4. The molecule has 1 aliphatic rings. The summed E-state index contributed by atoms with van der Waals surface area (Å²) in [5.41, 5.74) is 11.6. The Labute approximate surface area is 206 Å². The van der Waals surface area contributed by atoms with E-state index in [2.05, 4.69) is 10.1 Å². The van der Waals surface area contributed by atoms with Crippen molar-refractivity contribution in [2.24, 2.45) is 0 Å². The molecule has 0 spiro atoms. The first-order valence-corrected chi connectivity index (χ1v) is 11.5. The number of anilines is 1. The number of benzene rings is 1. The maximum absolute atomic E-state index is 13.7. The number of nitrogens with two attached hydrogens (primary N) is 1. The predicted octanol–water partition coefficient (Wildman–Crippen LogP) is 5.46. The van der Waals surface area contributed by atoms with E-state index < -0.39 is 12.3 Å². The molecule has 1 aliphatic carbocycles. The van der Waals surface area contributed by atoms with Crippen LogP contribution in [0.3, 0.4) is 0 Å². The smallest absolute Gasteiger partial charge is 0.450 e. The Hall–Kier alpha value is -4.34. The fourth-order valence-corrected chi connectivity index (χ4v) is 4.55. The van der Waals surface area contributed by atoms with E-state index >= 15 is 0 Å². The molecule has 4 aromatic rings. The molecule has 0 aliphatic heterocycles. The number of hydrogen-bond acceptors (Lipinski definition) is 6. The van der Waals surface area contributed by atoms with Gasteiger partial charge in [-0.2, -0.15) is 9.61 Å². The molecule has 1 aromatic carbocycles. The highest BCUT2D eigenvalue weighted by Gasteiger charge is 2.29. The zero-order chi connectivity index (χ0) is 25.8. The van der Waals surface area contributed by atoms with Crippen LogP contribution < -0.4 is 5.73 Å². The second-order valence-corrected chi connectivity index (χ2v) is 8.64. The first-order valence-electron chi connectivity index (χ1n) is 11.5. The molecule has 1 fully saturated rings. The number of aromatic nitrogens is 4. The molecule has 0 atom stereocenters. The summed E-state index contributed by atoms with van der Waals surface area (Å²) < 4.78 is 15.2. The Bertz CT molecular complexity index is 1380. The maximum Gasteiger partial charge on any atom is 0.503 e. The van der Waals surface area contributed by atoms with E-state index in [0.717, 1.165) is 22.4 Å². The monoisotopic (exact) mass is 491 g/mol. The lowest BCUT2D eigenvalue weighted by atomic mass is 9.83. The molecule has 5 rings (SSSR count). The largest absolute Gasteiger partial charge is 0.503 e. The SMILES string of the molecule is CC(=O)c1c(N)n2ncc(-c3ccc(-c4ccccc4)nc3)c2nc1[C@H]1CC[C@H](F)CC1.O=C(O)O. The first-order chi connectivity index (χ1) is 17.3. The van der Waals surface area contributed by atoms with E-state index in [-0.39, 0.29) is 17.5 Å². The average molecular weight is 492 g/mol. The lowest BCUT2D eigenvalue weighted by Gasteiger charge is -2.25. The van der Waals surface area contributed by atoms with Crippen LogP contribution in [0, 0.1) is 0 Å². The molecule has 3 aromatic heterocycles. The topological polar surface area (TPSA) is 144 Å². The number of Topliss-reactive ketones (excluding diaryl/α,β-unsaturated/α-hetero) is 1. The molecule has 1 saturated carbocycles. The quantitative estimate of drug-likeness (QED) is 0.319. The molecule has 3 heterocycles. The number of carbonyl (C=O) groups is 2. The second kappa shape index (κ2) is 10.5. The van der Waals surface area contributed by atoms with Crippen LogP contribution in [0.2, 0.25) is 0 Å². The third kappa shape index (κ3) is 5.17. The van der Waals surface area contributed by atoms with Crippen molar-refractivity contribution in [1.82, 2.24) is 19.6 Å². The summed E-state index contributed by atoms with van der Waals surface area (Å²) in [6, 6.07) is 13.9. The van der Waals surface area contributed by atoms with Gasteiger partial charge < -0.3 is 15.9 Å². The molecular formula is C26H26FN5O4. The summed E-state index contributed by atoms with van der Waals surface area (Å²) in [7, 11) is 0. The van der Waals surface area contributed by atoms with Gasteiger partial charge in [-0.05, 0) is 38.7 Å². The van der Waals surface area contributed by atoms with E-state index in [1.54, 1.807) is 12.4 Å². The molecule has 0 bridgehead atoms. The predicted molar refractivity (Wildman–Crippen MR) is 133 cm³/mol. The van der Waals surface area contributed by atoms with Crippen LogP contribution in [0.4, 0.5) is 15.0 Å². The number of ketones is 1. The third-order valence-corrected chi connectivity index (χ3v) is 6.25. The van der Waals surface area contributed by atoms with Crippen molar-refractivity contribution in [1.29, 1.82) is 0 Å². The van der Waals surface area contributed by atoms with Gasteiger partial charge in [-0.1, -0.05) is 36.4 Å². The highest BCUT2D eigenvalue weighted by Crippen LogP contribution is 2.38. The molecule has 36 heavy (non-hydrogen) atoms. The maximum atomic E-state index is 13.7. The van der Waals surface area contributed by atoms with Crippen molar-refractivity contribution >= 4 is 23.4 Å². The molecule has 186 valence electrons. The Morgan fingerprint density at radius 1 is 1.00 bits per heavy atom. The fourth-order valence-electron chi connectivity index (χ4n) is 4.55. The Balaban J connectivity index is 0.000000709. The molecule has 4 N–H and O–H groups in total. The van der Waals surface area contributed by atoms with Crippen LogP contribution in [0.15, 0.2) is 54.9 Å². The van der Waals surface area contributed by atoms with Gasteiger partial charge in [-0.15, -0.1) is 0 Å². The van der Waals surface area contributed by atoms with Crippen molar-refractivity contribution in [3.63, 3.8) is 0 Å². The summed E-state index contributed by atoms with van der Waals surface area (Å²) in [6.45, 7) is 1.49. The summed E-state index contributed by atoms with van der Waals surface area (Å²) >= 11 is 0. The van der Waals surface area contributed by atoms with Gasteiger partial charge in [0, 0.05) is 28.8 Å². The number of halogens is 1. The van der Waals surface area contributed by atoms with Gasteiger partial charge in [0.1, 0.15) is 12.0 Å². The van der Waals surface area contributed by atoms with Gasteiger partial charge in [-0.3, -0.25) is 9.78 Å². The Morgan fingerprint density at radius 3 is 2.25 bits per heavy atom. The molecular weight excluding hydrogens is 465 g/mol. The van der Waals surface area contributed by atoms with Crippen molar-refractivity contribution in [3.05, 3.63) is 66.1 Å². The minimum Gasteiger partial charge on any atom is -0.450 e. The number of hydrogen-bond donors (Lipinski definition) is 3. The second-order valence-electron chi connectivity index (χ2n) is 8.64. The Morgan fingerprint density at radius 2 is 1.67 bits per heavy atom. The first kappa shape index (κ1) is 24.8. The molecule has 0 unspecified atom stereocenters. The van der Waals surface area contributed by atoms with Crippen LogP contribution in [0.25, 0.3) is 28.0 Å². The Kier molecular flexibility index (Phi) is 7.23. The summed E-state index contributed by atoms with van der Waals surface area (Å²) in [5, 5.41) is 18.4. The number of nitrogen functional groups attached to an aromatic ring is 1. The zero-order valence-electron chi connectivity index (χ0n) is 19.6. The lowest BCUT2D eigenvalue weighted by Crippen LogP contribution is -2.20. The van der Waals surface area contributed by atoms with Gasteiger partial charge in [0.05, 0.1) is 23.1 Å². The van der Waals surface area contributed by atoms with Crippen molar-refractivity contribution < 1.29 is 24.2 Å². The van der Waals surface area contributed by atoms with Crippen LogP contribution >= 0.6 is 0 Å². The van der Waals surface area contributed by atoms with Crippen LogP contribution in [0.5, 0.6) is 0 Å². The van der Waals surface area contributed by atoms with Crippen molar-refractivity contribution in [2.45, 2.75) is 44.7 Å². The standard InChI is InChI=1S/C25H24FN5O.CH2O3/c1-15(32)22-23(17-7-10-19(26)11-8-17)30-25-20(14-29-31(25)24(22)27)18-9-12-21(28-13-18)16-5-3-2-4-6-16;2-1(3)4/h2-6,9,12-14,17,19H,7-8,10-11,27H2,1H3;(H2,2,3,4)/t17-,19-;. The normalized spacial score (nSPS) is 17.3. The van der Waals surface area contributed by atoms with E-state index in [1.807, 2.05) is 42.5 Å². The molecule has 0 saturated heterocycles. The minimum atomic E-state index is -1.83. The fraction of sp³-hybridized carbons (Fsp3) is 0.269. The van der Waals surface area contributed by atoms with Gasteiger partial charge in [0.2, 0.25) is 0 Å². The number of pyridine rings is 1. The third-order valence-electron chi connectivity index (χ3n) is 6.25. The number of nitrogens with zero attached hydrogens (tertiary/aromatic N) is 4. The zero-order valence-corrected chi connectivity index (χ0v) is 19.6. The van der Waals surface area contributed by atoms with E-state index in [9.17, 15) is 9.18 Å². The lowest BCUT2D eigenvalue weighted by molar-refractivity contribution is 0.101. The van der Waals surface area contributed by atoms with Crippen LogP contribution in [0.1, 0.15) is 54.6 Å². The number of fused-ring (bicyclic) bond motifs is 1. The highest BCUT2D eigenvalue weighted by molar-refractivity contribution is 6.00. The highest BCUT2D eigenvalue weighted by atomic mass is 19.1. The van der Waals surface area contributed by atoms with E-state index in [4.69, 9.17) is 25.7 Å². The number of carboxylic acid groups (broad SMARTS) is 2. The number of alkyl halides is 1. The van der Waals surface area contributed by atoms with E-state index in [1.165, 1.54) is 11.4 Å². The van der Waals surface area contributed by atoms with Crippen LogP contribution in [-0.4, -0.2) is 47.9 Å². The molecule has 10 heteroatoms. The minimum absolute atomic E-state index is 0.00883. The summed E-state index contributed by atoms with van der Waals surface area (Å²) in [6.07, 6.45) is 3.14. The van der Waals surface area contributed by atoms with Crippen molar-refractivity contribution in [3.8, 4) is 22.4 Å². The average Bonchev–Trinajstić information content (AvgIpc) is 3.29. The molecule has 0 radical (unpaired) electrons. The van der Waals surface area contributed by atoms with Crippen LogP contribution in [-0.2, 0) is 0 Å². The number of carbonyl (C=O) groups excluding carboxylic acids is 1. The van der Waals surface area contributed by atoms with E-state index in [0.29, 0.717) is 42.6 Å². The molecule has 0 amide bonds. The van der Waals surface area contributed by atoms with Gasteiger partial charge >= 0.3 is 6.16 Å². The van der Waals surface area contributed by atoms with Crippen molar-refractivity contribution in [2.75, 3.05) is 5.73 Å². The van der Waals surface area contributed by atoms with Gasteiger partial charge in [-0.25, -0.2) is 14.2 Å².